The van der Waals surface area contributed by atoms with E-state index in [4.69, 9.17) is 0 Å². The van der Waals surface area contributed by atoms with Crippen molar-refractivity contribution in [1.29, 1.82) is 0 Å². The molecule has 4 aromatic rings. The molecule has 0 spiro atoms. The average Bonchev–Trinajstić information content (AvgIpc) is 3.04. The highest BCUT2D eigenvalue weighted by Gasteiger charge is 2.31. The van der Waals surface area contributed by atoms with Gasteiger partial charge in [0.25, 0.3) is 5.92 Å². The van der Waals surface area contributed by atoms with Crippen LogP contribution in [0.15, 0.2) is 55.1 Å². The lowest BCUT2D eigenvalue weighted by Crippen LogP contribution is -2.14. The first-order valence-corrected chi connectivity index (χ1v) is 7.97. The Hall–Kier alpha value is -3.29. The van der Waals surface area contributed by atoms with E-state index in [0.29, 0.717) is 29.3 Å². The number of hydrogen-bond acceptors (Lipinski definition) is 3. The van der Waals surface area contributed by atoms with E-state index < -0.39 is 23.3 Å². The fourth-order valence-corrected chi connectivity index (χ4v) is 2.84. The summed E-state index contributed by atoms with van der Waals surface area (Å²) in [5.74, 6) is -5.10. The summed E-state index contributed by atoms with van der Waals surface area (Å²) >= 11 is 0. The fraction of sp³-hybridized carbons (Fsp3) is 0.105. The van der Waals surface area contributed by atoms with E-state index >= 15 is 0 Å². The molecule has 0 saturated heterocycles. The van der Waals surface area contributed by atoms with E-state index in [1.54, 1.807) is 24.4 Å². The van der Waals surface area contributed by atoms with E-state index in [0.717, 1.165) is 6.20 Å². The number of nitrogens with zero attached hydrogens (tertiary/aromatic N) is 4. The van der Waals surface area contributed by atoms with Crippen LogP contribution in [-0.2, 0) is 5.92 Å². The molecule has 0 unspecified atom stereocenters. The van der Waals surface area contributed by atoms with E-state index in [-0.39, 0.29) is 5.78 Å². The van der Waals surface area contributed by atoms with Crippen molar-refractivity contribution in [3.8, 4) is 22.4 Å². The van der Waals surface area contributed by atoms with Gasteiger partial charge < -0.3 is 0 Å². The van der Waals surface area contributed by atoms with E-state index in [1.165, 1.54) is 28.9 Å². The van der Waals surface area contributed by atoms with Gasteiger partial charge in [0.1, 0.15) is 5.82 Å². The van der Waals surface area contributed by atoms with Gasteiger partial charge in [0.2, 0.25) is 5.78 Å². The molecule has 3 heterocycles. The Morgan fingerprint density at radius 2 is 1.81 bits per heavy atom. The molecule has 4 nitrogen and oxygen atoms in total. The second kappa shape index (κ2) is 6.15. The molecule has 0 radical (unpaired) electrons. The molecule has 0 bridgehead atoms. The van der Waals surface area contributed by atoms with Crippen LogP contribution in [0.4, 0.5) is 17.6 Å². The highest BCUT2D eigenvalue weighted by atomic mass is 19.3. The SMILES string of the molecule is CC(F)(F)c1nc2ncc(-c3ccc(F)c(-c4cccnc4)c3)n2cc1F. The molecule has 8 heteroatoms. The first-order chi connectivity index (χ1) is 12.8. The number of hydrogen-bond donors (Lipinski definition) is 0. The van der Waals surface area contributed by atoms with Crippen LogP contribution < -0.4 is 0 Å². The normalized spacial score (nSPS) is 11.9. The van der Waals surface area contributed by atoms with Crippen molar-refractivity contribution in [2.24, 2.45) is 0 Å². The summed E-state index contributed by atoms with van der Waals surface area (Å²) in [6.45, 7) is 0.568. The Morgan fingerprint density at radius 3 is 2.52 bits per heavy atom. The Bertz CT molecular complexity index is 1130. The van der Waals surface area contributed by atoms with Crippen molar-refractivity contribution in [3.63, 3.8) is 0 Å². The lowest BCUT2D eigenvalue weighted by molar-refractivity contribution is 0.00881. The Labute approximate surface area is 151 Å². The lowest BCUT2D eigenvalue weighted by Gasteiger charge is -2.11. The number of aromatic nitrogens is 4. The number of benzene rings is 1. The highest BCUT2D eigenvalue weighted by Crippen LogP contribution is 2.31. The van der Waals surface area contributed by atoms with Gasteiger partial charge >= 0.3 is 0 Å². The van der Waals surface area contributed by atoms with Crippen LogP contribution in [0.1, 0.15) is 12.6 Å². The van der Waals surface area contributed by atoms with Crippen LogP contribution >= 0.6 is 0 Å². The molecule has 0 amide bonds. The quantitative estimate of drug-likeness (QED) is 0.483. The van der Waals surface area contributed by atoms with E-state index in [1.807, 2.05) is 0 Å². The van der Waals surface area contributed by atoms with Gasteiger partial charge in [-0.15, -0.1) is 0 Å². The molecule has 0 aliphatic heterocycles. The van der Waals surface area contributed by atoms with Crippen molar-refractivity contribution < 1.29 is 17.6 Å². The van der Waals surface area contributed by atoms with Gasteiger partial charge in [-0.2, -0.15) is 8.78 Å². The number of pyridine rings is 1. The van der Waals surface area contributed by atoms with E-state index in [9.17, 15) is 17.6 Å². The maximum Gasteiger partial charge on any atom is 0.290 e. The molecule has 3 aromatic heterocycles. The van der Waals surface area contributed by atoms with Crippen LogP contribution in [0, 0.1) is 11.6 Å². The van der Waals surface area contributed by atoms with Gasteiger partial charge in [0.05, 0.1) is 18.1 Å². The second-order valence-corrected chi connectivity index (χ2v) is 6.08. The van der Waals surface area contributed by atoms with Crippen molar-refractivity contribution in [1.82, 2.24) is 19.4 Å². The third-order valence-corrected chi connectivity index (χ3v) is 4.11. The van der Waals surface area contributed by atoms with Gasteiger partial charge in [-0.1, -0.05) is 6.07 Å². The monoisotopic (exact) mass is 372 g/mol. The zero-order valence-electron chi connectivity index (χ0n) is 14.0. The highest BCUT2D eigenvalue weighted by molar-refractivity contribution is 5.72. The minimum Gasteiger partial charge on any atom is -0.281 e. The lowest BCUT2D eigenvalue weighted by atomic mass is 10.0. The molecule has 0 aliphatic carbocycles. The number of imidazole rings is 1. The first-order valence-electron chi connectivity index (χ1n) is 7.97. The molecule has 136 valence electrons. The number of rotatable bonds is 3. The van der Waals surface area contributed by atoms with Gasteiger partial charge in [0, 0.05) is 36.0 Å². The van der Waals surface area contributed by atoms with Gasteiger partial charge in [-0.05, 0) is 24.3 Å². The van der Waals surface area contributed by atoms with Crippen molar-refractivity contribution in [3.05, 3.63) is 72.4 Å². The molecular formula is C19H12F4N4. The van der Waals surface area contributed by atoms with Crippen molar-refractivity contribution >= 4 is 5.78 Å². The summed E-state index contributed by atoms with van der Waals surface area (Å²) in [7, 11) is 0. The summed E-state index contributed by atoms with van der Waals surface area (Å²) < 4.78 is 56.6. The minimum absolute atomic E-state index is 0.0739. The predicted molar refractivity (Wildman–Crippen MR) is 91.1 cm³/mol. The van der Waals surface area contributed by atoms with Crippen LogP contribution in [0.2, 0.25) is 0 Å². The molecular weight excluding hydrogens is 360 g/mol. The van der Waals surface area contributed by atoms with Gasteiger partial charge in [-0.25, -0.2) is 18.7 Å². The summed E-state index contributed by atoms with van der Waals surface area (Å²) in [6, 6.07) is 7.73. The smallest absolute Gasteiger partial charge is 0.281 e. The zero-order valence-corrected chi connectivity index (χ0v) is 14.0. The zero-order chi connectivity index (χ0) is 19.2. The average molecular weight is 372 g/mol. The predicted octanol–water partition coefficient (Wildman–Crippen LogP) is 4.85. The third-order valence-electron chi connectivity index (χ3n) is 4.11. The molecule has 0 saturated carbocycles. The van der Waals surface area contributed by atoms with Crippen LogP contribution in [0.5, 0.6) is 0 Å². The Balaban J connectivity index is 1.87. The number of halogens is 4. The Morgan fingerprint density at radius 1 is 1.00 bits per heavy atom. The maximum absolute atomic E-state index is 14.3. The summed E-state index contributed by atoms with van der Waals surface area (Å²) in [6.07, 6.45) is 5.38. The fourth-order valence-electron chi connectivity index (χ4n) is 2.84. The minimum atomic E-state index is -3.43. The third kappa shape index (κ3) is 3.03. The van der Waals surface area contributed by atoms with Gasteiger partial charge in [-0.3, -0.25) is 9.38 Å². The van der Waals surface area contributed by atoms with Crippen molar-refractivity contribution in [2.75, 3.05) is 0 Å². The van der Waals surface area contributed by atoms with E-state index in [2.05, 4.69) is 15.0 Å². The Kier molecular flexibility index (Phi) is 3.91. The standard InChI is InChI=1S/C19H12F4N4/c1-19(22,23)17-15(21)10-27-16(9-25-18(27)26-17)11-4-5-14(20)13(7-11)12-3-2-6-24-8-12/h2-10H,1H3. The van der Waals surface area contributed by atoms with Crippen molar-refractivity contribution in [2.45, 2.75) is 12.8 Å². The maximum atomic E-state index is 14.3. The van der Waals surface area contributed by atoms with Crippen LogP contribution in [-0.4, -0.2) is 19.4 Å². The summed E-state index contributed by atoms with van der Waals surface area (Å²) in [5.41, 5.74) is 0.832. The number of fused-ring (bicyclic) bond motifs is 1. The molecule has 0 aliphatic rings. The largest absolute Gasteiger partial charge is 0.290 e. The summed E-state index contributed by atoms with van der Waals surface area (Å²) in [4.78, 5) is 11.6. The molecule has 1 aromatic carbocycles. The first kappa shape index (κ1) is 17.1. The topological polar surface area (TPSA) is 43.1 Å². The molecule has 0 atom stereocenters. The van der Waals surface area contributed by atoms with Gasteiger partial charge in [0.15, 0.2) is 11.5 Å². The summed E-state index contributed by atoms with van der Waals surface area (Å²) in [5, 5.41) is 0. The van der Waals surface area contributed by atoms with Crippen LogP contribution in [0.3, 0.4) is 0 Å². The molecule has 0 fully saturated rings. The van der Waals surface area contributed by atoms with Crippen LogP contribution in [0.25, 0.3) is 28.2 Å². The number of alkyl halides is 2. The molecule has 4 rings (SSSR count). The second-order valence-electron chi connectivity index (χ2n) is 6.08. The molecule has 27 heavy (non-hydrogen) atoms. The molecule has 0 N–H and O–H groups in total.